The molecule has 5 rings (SSSR count). The maximum Gasteiger partial charge on any atom is 0.113 e. The molecule has 5 heteroatoms. The van der Waals surface area contributed by atoms with Crippen molar-refractivity contribution in [3.8, 4) is 20.2 Å². The SMILES string of the molecule is CCCCC(CC)CC1(CC(CC)CCCC)c2cc(-c3ccc(C(C)(C)CC)c4nsnc34)sc2-c2sc(C(C)(C)CCC)cc21. The summed E-state index contributed by atoms with van der Waals surface area (Å²) in [5.41, 5.74) is 8.50. The summed E-state index contributed by atoms with van der Waals surface area (Å²) in [7, 11) is 0. The molecule has 47 heavy (non-hydrogen) atoms. The van der Waals surface area contributed by atoms with E-state index >= 15 is 0 Å². The van der Waals surface area contributed by atoms with Crippen LogP contribution < -0.4 is 0 Å². The lowest BCUT2D eigenvalue weighted by Gasteiger charge is -2.38. The van der Waals surface area contributed by atoms with Gasteiger partial charge in [0.15, 0.2) is 0 Å². The van der Waals surface area contributed by atoms with Crippen molar-refractivity contribution in [3.63, 3.8) is 0 Å². The van der Waals surface area contributed by atoms with E-state index in [0.29, 0.717) is 0 Å². The molecule has 2 atom stereocenters. The van der Waals surface area contributed by atoms with Crippen molar-refractivity contribution in [1.29, 1.82) is 0 Å². The van der Waals surface area contributed by atoms with E-state index in [9.17, 15) is 0 Å². The second-order valence-electron chi connectivity index (χ2n) is 16.0. The summed E-state index contributed by atoms with van der Waals surface area (Å²) in [6.45, 7) is 23.9. The van der Waals surface area contributed by atoms with E-state index in [0.717, 1.165) is 29.3 Å². The van der Waals surface area contributed by atoms with Gasteiger partial charge in [0.25, 0.3) is 0 Å². The lowest BCUT2D eigenvalue weighted by Crippen LogP contribution is -2.31. The van der Waals surface area contributed by atoms with E-state index in [2.05, 4.69) is 105 Å². The van der Waals surface area contributed by atoms with E-state index < -0.39 is 0 Å². The number of fused-ring (bicyclic) bond motifs is 4. The number of benzene rings is 1. The van der Waals surface area contributed by atoms with Crippen LogP contribution in [0.25, 0.3) is 31.2 Å². The number of aromatic nitrogens is 2. The van der Waals surface area contributed by atoms with Crippen LogP contribution in [0.3, 0.4) is 0 Å². The Labute approximate surface area is 299 Å². The molecule has 0 amide bonds. The van der Waals surface area contributed by atoms with Gasteiger partial charge in [0, 0.05) is 30.5 Å². The molecule has 3 heterocycles. The summed E-state index contributed by atoms with van der Waals surface area (Å²) in [6.07, 6.45) is 16.6. The number of unbranched alkanes of at least 4 members (excludes halogenated alkanes) is 2. The van der Waals surface area contributed by atoms with E-state index in [1.165, 1.54) is 105 Å². The number of hydrogen-bond donors (Lipinski definition) is 0. The van der Waals surface area contributed by atoms with Crippen LogP contribution in [-0.4, -0.2) is 8.75 Å². The lowest BCUT2D eigenvalue weighted by atomic mass is 9.65. The number of thiophene rings is 2. The van der Waals surface area contributed by atoms with Gasteiger partial charge in [0.05, 0.1) is 11.7 Å². The minimum absolute atomic E-state index is 0.0771. The summed E-state index contributed by atoms with van der Waals surface area (Å²) in [5.74, 6) is 1.50. The highest BCUT2D eigenvalue weighted by Gasteiger charge is 2.48. The zero-order valence-electron chi connectivity index (χ0n) is 31.3. The first-order valence-electron chi connectivity index (χ1n) is 19.1. The van der Waals surface area contributed by atoms with Gasteiger partial charge in [-0.15, -0.1) is 22.7 Å². The van der Waals surface area contributed by atoms with Crippen LogP contribution >= 0.6 is 34.4 Å². The molecule has 4 aromatic rings. The summed E-state index contributed by atoms with van der Waals surface area (Å²) in [4.78, 5) is 6.12. The molecule has 0 spiro atoms. The number of nitrogens with zero attached hydrogens (tertiary/aromatic N) is 2. The summed E-state index contributed by atoms with van der Waals surface area (Å²) in [5, 5.41) is 0. The van der Waals surface area contributed by atoms with Gasteiger partial charge in [0.2, 0.25) is 0 Å². The van der Waals surface area contributed by atoms with Gasteiger partial charge in [0.1, 0.15) is 11.0 Å². The molecule has 1 aromatic carbocycles. The van der Waals surface area contributed by atoms with Crippen LogP contribution in [-0.2, 0) is 16.2 Å². The summed E-state index contributed by atoms with van der Waals surface area (Å²) in [6, 6.07) is 10.1. The Morgan fingerprint density at radius 2 is 1.30 bits per heavy atom. The highest BCUT2D eigenvalue weighted by Crippen LogP contribution is 2.63. The number of rotatable bonds is 18. The fourth-order valence-electron chi connectivity index (χ4n) is 8.39. The predicted octanol–water partition coefficient (Wildman–Crippen LogP) is 14.7. The maximum atomic E-state index is 4.95. The van der Waals surface area contributed by atoms with E-state index in [1.54, 1.807) is 25.8 Å². The Morgan fingerprint density at radius 1 is 0.702 bits per heavy atom. The molecule has 0 fully saturated rings. The van der Waals surface area contributed by atoms with Crippen LogP contribution in [0, 0.1) is 11.8 Å². The van der Waals surface area contributed by atoms with Crippen molar-refractivity contribution in [3.05, 3.63) is 45.8 Å². The minimum atomic E-state index is 0.0771. The van der Waals surface area contributed by atoms with Crippen LogP contribution in [0.15, 0.2) is 24.3 Å². The van der Waals surface area contributed by atoms with Crippen molar-refractivity contribution in [2.24, 2.45) is 11.8 Å². The predicted molar refractivity (Wildman–Crippen MR) is 212 cm³/mol. The monoisotopic (exact) mass is 690 g/mol. The molecule has 0 saturated heterocycles. The van der Waals surface area contributed by atoms with E-state index in [4.69, 9.17) is 8.75 Å². The molecule has 0 aliphatic heterocycles. The highest BCUT2D eigenvalue weighted by molar-refractivity contribution is 7.24. The quantitative estimate of drug-likeness (QED) is 0.104. The third-order valence-electron chi connectivity index (χ3n) is 11.9. The van der Waals surface area contributed by atoms with Gasteiger partial charge in [-0.05, 0) is 77.2 Å². The molecule has 3 aromatic heterocycles. The smallest absolute Gasteiger partial charge is 0.113 e. The molecule has 0 radical (unpaired) electrons. The first-order valence-corrected chi connectivity index (χ1v) is 21.4. The fraction of sp³-hybridized carbons (Fsp3) is 0.667. The van der Waals surface area contributed by atoms with Crippen LogP contribution in [0.1, 0.15) is 174 Å². The average Bonchev–Trinajstić information content (AvgIpc) is 3.85. The van der Waals surface area contributed by atoms with Gasteiger partial charge in [-0.3, -0.25) is 0 Å². The van der Waals surface area contributed by atoms with Gasteiger partial charge in [-0.2, -0.15) is 8.75 Å². The first-order chi connectivity index (χ1) is 22.5. The van der Waals surface area contributed by atoms with E-state index in [1.807, 2.05) is 11.3 Å². The minimum Gasteiger partial charge on any atom is -0.173 e. The van der Waals surface area contributed by atoms with E-state index in [-0.39, 0.29) is 16.2 Å². The molecular formula is C42H62N2S3. The zero-order chi connectivity index (χ0) is 34.0. The fourth-order valence-corrected chi connectivity index (χ4v) is 11.8. The molecule has 0 saturated carbocycles. The van der Waals surface area contributed by atoms with Crippen LogP contribution in [0.2, 0.25) is 0 Å². The zero-order valence-corrected chi connectivity index (χ0v) is 33.7. The first kappa shape index (κ1) is 36.7. The lowest BCUT2D eigenvalue weighted by molar-refractivity contribution is 0.266. The molecule has 0 N–H and O–H groups in total. The average molecular weight is 691 g/mol. The van der Waals surface area contributed by atoms with Crippen LogP contribution in [0.5, 0.6) is 0 Å². The molecule has 2 unspecified atom stereocenters. The molecule has 258 valence electrons. The second kappa shape index (κ2) is 15.1. The summed E-state index contributed by atoms with van der Waals surface area (Å²) < 4.78 is 9.84. The summed E-state index contributed by atoms with van der Waals surface area (Å²) >= 11 is 5.55. The highest BCUT2D eigenvalue weighted by atomic mass is 32.1. The Hall–Kier alpha value is -1.56. The molecule has 2 nitrogen and oxygen atoms in total. The Balaban J connectivity index is 1.74. The van der Waals surface area contributed by atoms with Gasteiger partial charge in [-0.25, -0.2) is 0 Å². The van der Waals surface area contributed by atoms with Crippen LogP contribution in [0.4, 0.5) is 0 Å². The second-order valence-corrected chi connectivity index (χ2v) is 18.7. The molecular weight excluding hydrogens is 629 g/mol. The number of hydrogen-bond acceptors (Lipinski definition) is 5. The van der Waals surface area contributed by atoms with Crippen molar-refractivity contribution in [1.82, 2.24) is 8.75 Å². The largest absolute Gasteiger partial charge is 0.173 e. The van der Waals surface area contributed by atoms with Gasteiger partial charge in [-0.1, -0.05) is 139 Å². The topological polar surface area (TPSA) is 25.8 Å². The van der Waals surface area contributed by atoms with Crippen molar-refractivity contribution < 1.29 is 0 Å². The Kier molecular flexibility index (Phi) is 11.8. The van der Waals surface area contributed by atoms with Gasteiger partial charge < -0.3 is 0 Å². The third-order valence-corrected chi connectivity index (χ3v) is 15.3. The van der Waals surface area contributed by atoms with Crippen molar-refractivity contribution in [2.45, 2.75) is 169 Å². The molecule has 1 aliphatic carbocycles. The Morgan fingerprint density at radius 3 is 1.87 bits per heavy atom. The standard InChI is InChI=1S/C42H62N2S3/c1-11-17-19-28(14-4)26-42(27-29(15-5)20-18-12-2)32-24-34(30-21-22-31(40(7,8)16-6)37-36(30)43-47-44-37)45-38(32)39-33(42)25-35(46-39)41(9,10)23-13-3/h21-22,24-25,28-29H,11-20,23,26-27H2,1-10H3. The third kappa shape index (κ3) is 7.07. The Bertz CT molecular complexity index is 1600. The molecule has 1 aliphatic rings. The van der Waals surface area contributed by atoms with Gasteiger partial charge >= 0.3 is 0 Å². The molecule has 0 bridgehead atoms. The van der Waals surface area contributed by atoms with Crippen molar-refractivity contribution >= 4 is 45.4 Å². The van der Waals surface area contributed by atoms with Crippen molar-refractivity contribution in [2.75, 3.05) is 0 Å². The normalized spacial score (nSPS) is 17.7. The maximum absolute atomic E-state index is 4.95.